The van der Waals surface area contributed by atoms with Gasteiger partial charge in [0.2, 0.25) is 0 Å². The molecular weight excluding hydrogens is 225 g/mol. The summed E-state index contributed by atoms with van der Waals surface area (Å²) in [5.74, 6) is 0.650. The second-order valence-corrected chi connectivity index (χ2v) is 5.87. The molecule has 1 fully saturated rings. The second kappa shape index (κ2) is 5.40. The maximum Gasteiger partial charge on any atom is 0.128 e. The van der Waals surface area contributed by atoms with Gasteiger partial charge in [-0.05, 0) is 44.6 Å². The molecule has 0 radical (unpaired) electrons. The van der Waals surface area contributed by atoms with Crippen molar-refractivity contribution in [3.05, 3.63) is 35.1 Å². The van der Waals surface area contributed by atoms with Gasteiger partial charge in [-0.15, -0.1) is 0 Å². The molecule has 2 N–H and O–H groups in total. The molecule has 1 aromatic carbocycles. The number of halogens is 1. The van der Waals surface area contributed by atoms with Gasteiger partial charge in [0, 0.05) is 11.1 Å². The maximum atomic E-state index is 14.0. The molecule has 1 aliphatic carbocycles. The van der Waals surface area contributed by atoms with Gasteiger partial charge in [0.15, 0.2) is 0 Å². The van der Waals surface area contributed by atoms with E-state index in [1.807, 2.05) is 19.1 Å². The smallest absolute Gasteiger partial charge is 0.128 e. The van der Waals surface area contributed by atoms with E-state index in [4.69, 9.17) is 5.73 Å². The van der Waals surface area contributed by atoms with Crippen LogP contribution in [0.1, 0.15) is 56.6 Å². The van der Waals surface area contributed by atoms with Crippen molar-refractivity contribution in [2.24, 2.45) is 11.7 Å². The monoisotopic (exact) mass is 249 g/mol. The lowest BCUT2D eigenvalue weighted by Gasteiger charge is -2.38. The topological polar surface area (TPSA) is 26.0 Å². The Morgan fingerprint density at radius 2 is 2.00 bits per heavy atom. The Hall–Kier alpha value is -0.890. The van der Waals surface area contributed by atoms with Crippen molar-refractivity contribution in [1.29, 1.82) is 0 Å². The minimum Gasteiger partial charge on any atom is -0.321 e. The summed E-state index contributed by atoms with van der Waals surface area (Å²) in [7, 11) is 0. The van der Waals surface area contributed by atoms with Crippen molar-refractivity contribution in [3.8, 4) is 0 Å². The van der Waals surface area contributed by atoms with Crippen LogP contribution < -0.4 is 5.73 Å². The first-order valence-electron chi connectivity index (χ1n) is 7.10. The Kier molecular flexibility index (Phi) is 4.06. The zero-order chi connectivity index (χ0) is 13.2. The van der Waals surface area contributed by atoms with Gasteiger partial charge in [-0.3, -0.25) is 0 Å². The normalized spacial score (nSPS) is 28.3. The number of rotatable bonds is 3. The van der Waals surface area contributed by atoms with Gasteiger partial charge in [0.25, 0.3) is 0 Å². The Balaban J connectivity index is 2.15. The van der Waals surface area contributed by atoms with E-state index in [0.29, 0.717) is 0 Å². The van der Waals surface area contributed by atoms with Crippen molar-refractivity contribution in [2.45, 2.75) is 57.9 Å². The summed E-state index contributed by atoms with van der Waals surface area (Å²) in [4.78, 5) is 0. The SMILES string of the molecule is CCCC1CCC(N)(c2cc(C)ccc2F)CC1. The Morgan fingerprint density at radius 1 is 1.33 bits per heavy atom. The van der Waals surface area contributed by atoms with Crippen LogP contribution in [-0.4, -0.2) is 0 Å². The van der Waals surface area contributed by atoms with Gasteiger partial charge in [0.05, 0.1) is 0 Å². The highest BCUT2D eigenvalue weighted by Gasteiger charge is 2.34. The van der Waals surface area contributed by atoms with Gasteiger partial charge >= 0.3 is 0 Å². The molecule has 0 bridgehead atoms. The predicted molar refractivity (Wildman–Crippen MR) is 73.9 cm³/mol. The summed E-state index contributed by atoms with van der Waals surface area (Å²) in [6.45, 7) is 4.22. The lowest BCUT2D eigenvalue weighted by molar-refractivity contribution is 0.221. The molecule has 0 atom stereocenters. The molecule has 1 aliphatic rings. The van der Waals surface area contributed by atoms with Gasteiger partial charge < -0.3 is 5.73 Å². The molecule has 2 heteroatoms. The lowest BCUT2D eigenvalue weighted by Crippen LogP contribution is -2.41. The molecular formula is C16H24FN. The van der Waals surface area contributed by atoms with Crippen LogP contribution in [0.2, 0.25) is 0 Å². The first-order chi connectivity index (χ1) is 8.55. The fourth-order valence-electron chi connectivity index (χ4n) is 3.18. The molecule has 0 unspecified atom stereocenters. The van der Waals surface area contributed by atoms with E-state index in [0.717, 1.165) is 42.7 Å². The zero-order valence-electron chi connectivity index (χ0n) is 11.5. The third-order valence-corrected chi connectivity index (χ3v) is 4.35. The largest absolute Gasteiger partial charge is 0.321 e. The van der Waals surface area contributed by atoms with E-state index in [1.165, 1.54) is 12.8 Å². The number of hydrogen-bond acceptors (Lipinski definition) is 1. The Bertz CT molecular complexity index is 406. The van der Waals surface area contributed by atoms with Crippen molar-refractivity contribution >= 4 is 0 Å². The summed E-state index contributed by atoms with van der Waals surface area (Å²) in [6, 6.07) is 5.29. The minimum absolute atomic E-state index is 0.142. The Labute approximate surface area is 110 Å². The summed E-state index contributed by atoms with van der Waals surface area (Å²) in [5.41, 5.74) is 7.83. The van der Waals surface area contributed by atoms with Crippen LogP contribution in [0.15, 0.2) is 18.2 Å². The standard InChI is InChI=1S/C16H24FN/c1-3-4-13-7-9-16(18,10-8-13)14-11-12(2)5-6-15(14)17/h5-6,11,13H,3-4,7-10,18H2,1-2H3. The van der Waals surface area contributed by atoms with Crippen molar-refractivity contribution in [2.75, 3.05) is 0 Å². The molecule has 18 heavy (non-hydrogen) atoms. The molecule has 0 spiro atoms. The van der Waals surface area contributed by atoms with Crippen LogP contribution in [0.25, 0.3) is 0 Å². The number of nitrogens with two attached hydrogens (primary N) is 1. The van der Waals surface area contributed by atoms with Crippen molar-refractivity contribution in [3.63, 3.8) is 0 Å². The average Bonchev–Trinajstić information content (AvgIpc) is 2.36. The molecule has 0 heterocycles. The number of aryl methyl sites for hydroxylation is 1. The first-order valence-corrected chi connectivity index (χ1v) is 7.10. The van der Waals surface area contributed by atoms with E-state index < -0.39 is 5.54 Å². The zero-order valence-corrected chi connectivity index (χ0v) is 11.5. The van der Waals surface area contributed by atoms with Crippen molar-refractivity contribution in [1.82, 2.24) is 0 Å². The molecule has 1 nitrogen and oxygen atoms in total. The van der Waals surface area contributed by atoms with Crippen LogP contribution >= 0.6 is 0 Å². The third kappa shape index (κ3) is 2.74. The van der Waals surface area contributed by atoms with Crippen LogP contribution in [0.3, 0.4) is 0 Å². The summed E-state index contributed by atoms with van der Waals surface area (Å²) in [6.07, 6.45) is 6.62. The predicted octanol–water partition coefficient (Wildman–Crippen LogP) is 4.28. The van der Waals surface area contributed by atoms with E-state index in [2.05, 4.69) is 6.92 Å². The van der Waals surface area contributed by atoms with Crippen LogP contribution in [0, 0.1) is 18.7 Å². The Morgan fingerprint density at radius 3 is 2.61 bits per heavy atom. The van der Waals surface area contributed by atoms with Crippen molar-refractivity contribution < 1.29 is 4.39 Å². The van der Waals surface area contributed by atoms with Gasteiger partial charge in [-0.1, -0.05) is 37.5 Å². The molecule has 0 amide bonds. The molecule has 0 aliphatic heterocycles. The quantitative estimate of drug-likeness (QED) is 0.850. The fourth-order valence-corrected chi connectivity index (χ4v) is 3.18. The highest BCUT2D eigenvalue weighted by atomic mass is 19.1. The fraction of sp³-hybridized carbons (Fsp3) is 0.625. The lowest BCUT2D eigenvalue weighted by atomic mass is 9.72. The van der Waals surface area contributed by atoms with Gasteiger partial charge in [-0.2, -0.15) is 0 Å². The van der Waals surface area contributed by atoms with Gasteiger partial charge in [0.1, 0.15) is 5.82 Å². The summed E-state index contributed by atoms with van der Waals surface area (Å²) in [5, 5.41) is 0. The van der Waals surface area contributed by atoms with Crippen LogP contribution in [0.4, 0.5) is 4.39 Å². The van der Waals surface area contributed by atoms with E-state index >= 15 is 0 Å². The highest BCUT2D eigenvalue weighted by molar-refractivity contribution is 5.30. The third-order valence-electron chi connectivity index (χ3n) is 4.35. The maximum absolute atomic E-state index is 14.0. The molecule has 100 valence electrons. The summed E-state index contributed by atoms with van der Waals surface area (Å²) < 4.78 is 14.0. The minimum atomic E-state index is -0.444. The van der Waals surface area contributed by atoms with E-state index in [1.54, 1.807) is 6.07 Å². The average molecular weight is 249 g/mol. The highest BCUT2D eigenvalue weighted by Crippen LogP contribution is 2.40. The van der Waals surface area contributed by atoms with Crippen LogP contribution in [-0.2, 0) is 5.54 Å². The molecule has 2 rings (SSSR count). The van der Waals surface area contributed by atoms with E-state index in [-0.39, 0.29) is 5.82 Å². The molecule has 0 saturated heterocycles. The number of hydrogen-bond donors (Lipinski definition) is 1. The molecule has 1 saturated carbocycles. The van der Waals surface area contributed by atoms with E-state index in [9.17, 15) is 4.39 Å². The molecule has 1 aromatic rings. The second-order valence-electron chi connectivity index (χ2n) is 5.87. The summed E-state index contributed by atoms with van der Waals surface area (Å²) >= 11 is 0. The van der Waals surface area contributed by atoms with Crippen LogP contribution in [0.5, 0.6) is 0 Å². The number of benzene rings is 1. The molecule has 0 aromatic heterocycles. The van der Waals surface area contributed by atoms with Gasteiger partial charge in [-0.25, -0.2) is 4.39 Å². The first kappa shape index (κ1) is 13.5.